The van der Waals surface area contributed by atoms with Gasteiger partial charge in [0.05, 0.1) is 6.61 Å². The number of pyridine rings is 1. The fraction of sp³-hybridized carbons (Fsp3) is 0.500. The monoisotopic (exact) mass is 444 g/mol. The second-order valence-electron chi connectivity index (χ2n) is 4.94. The number of rotatable bonds is 8. The number of imidazole rings is 1. The Balaban J connectivity index is 2.29. The molecule has 7 heteroatoms. The molecule has 2 aromatic rings. The van der Waals surface area contributed by atoms with Crippen LogP contribution in [0, 0.1) is 0 Å². The van der Waals surface area contributed by atoms with Crippen molar-refractivity contribution in [1.29, 1.82) is 0 Å². The standard InChI is InChI=1S/C16H22Br2N4O/c1-4-21(5-2)13-8-7-12(11-19-13)16-20-14(17)15(18)22(16)9-10-23-6-3/h7-8,11H,4-6,9-10H2,1-3H3. The third-order valence-corrected chi connectivity index (χ3v) is 5.51. The first-order valence-electron chi connectivity index (χ1n) is 7.82. The molecule has 2 heterocycles. The van der Waals surface area contributed by atoms with E-state index in [-0.39, 0.29) is 0 Å². The minimum absolute atomic E-state index is 0.649. The number of halogens is 2. The van der Waals surface area contributed by atoms with E-state index in [1.165, 1.54) is 0 Å². The molecule has 0 N–H and O–H groups in total. The predicted molar refractivity (Wildman–Crippen MR) is 101 cm³/mol. The lowest BCUT2D eigenvalue weighted by Gasteiger charge is -2.19. The second kappa shape index (κ2) is 8.80. The molecule has 2 rings (SSSR count). The van der Waals surface area contributed by atoms with E-state index >= 15 is 0 Å². The number of nitrogens with zero attached hydrogens (tertiary/aromatic N) is 4. The average molecular weight is 446 g/mol. The zero-order valence-corrected chi connectivity index (χ0v) is 16.9. The lowest BCUT2D eigenvalue weighted by atomic mass is 10.2. The first kappa shape index (κ1) is 18.4. The summed E-state index contributed by atoms with van der Waals surface area (Å²) in [5, 5.41) is 0. The Morgan fingerprint density at radius 1 is 1.17 bits per heavy atom. The van der Waals surface area contributed by atoms with Crippen molar-refractivity contribution in [1.82, 2.24) is 14.5 Å². The molecule has 23 heavy (non-hydrogen) atoms. The summed E-state index contributed by atoms with van der Waals surface area (Å²) in [6.45, 7) is 10.3. The molecule has 2 aromatic heterocycles. The molecule has 0 saturated carbocycles. The number of hydrogen-bond donors (Lipinski definition) is 0. The quantitative estimate of drug-likeness (QED) is 0.566. The predicted octanol–water partition coefficient (Wildman–Crippen LogP) is 4.35. The maximum atomic E-state index is 5.47. The van der Waals surface area contributed by atoms with E-state index in [0.29, 0.717) is 13.2 Å². The lowest BCUT2D eigenvalue weighted by Crippen LogP contribution is -2.22. The van der Waals surface area contributed by atoms with Gasteiger partial charge in [-0.3, -0.25) is 0 Å². The molecule has 0 radical (unpaired) electrons. The Morgan fingerprint density at radius 3 is 2.48 bits per heavy atom. The van der Waals surface area contributed by atoms with Gasteiger partial charge < -0.3 is 14.2 Å². The van der Waals surface area contributed by atoms with E-state index in [1.807, 2.05) is 19.2 Å². The highest BCUT2D eigenvalue weighted by atomic mass is 79.9. The van der Waals surface area contributed by atoms with Crippen molar-refractivity contribution in [3.05, 3.63) is 27.5 Å². The van der Waals surface area contributed by atoms with Gasteiger partial charge in [0.15, 0.2) is 0 Å². The molecule has 0 aliphatic rings. The Bertz CT molecular complexity index is 624. The number of ether oxygens (including phenoxy) is 1. The third kappa shape index (κ3) is 4.33. The zero-order valence-electron chi connectivity index (χ0n) is 13.7. The van der Waals surface area contributed by atoms with Crippen LogP contribution in [0.4, 0.5) is 5.82 Å². The van der Waals surface area contributed by atoms with Gasteiger partial charge >= 0.3 is 0 Å². The van der Waals surface area contributed by atoms with Gasteiger partial charge in [-0.25, -0.2) is 9.97 Å². The van der Waals surface area contributed by atoms with Gasteiger partial charge in [-0.1, -0.05) is 0 Å². The molecule has 5 nitrogen and oxygen atoms in total. The molecule has 0 amide bonds. The normalized spacial score (nSPS) is 11.0. The van der Waals surface area contributed by atoms with E-state index in [9.17, 15) is 0 Å². The molecule has 0 saturated heterocycles. The minimum atomic E-state index is 0.649. The van der Waals surface area contributed by atoms with Gasteiger partial charge in [0.25, 0.3) is 0 Å². The van der Waals surface area contributed by atoms with Crippen LogP contribution in [-0.2, 0) is 11.3 Å². The summed E-state index contributed by atoms with van der Waals surface area (Å²) in [4.78, 5) is 11.4. The van der Waals surface area contributed by atoms with Gasteiger partial charge in [0, 0.05) is 38.0 Å². The van der Waals surface area contributed by atoms with Crippen LogP contribution < -0.4 is 4.90 Å². The van der Waals surface area contributed by atoms with Crippen LogP contribution in [0.25, 0.3) is 11.4 Å². The van der Waals surface area contributed by atoms with Crippen molar-refractivity contribution in [3.63, 3.8) is 0 Å². The SMILES string of the molecule is CCOCCn1c(-c2ccc(N(CC)CC)nc2)nc(Br)c1Br. The van der Waals surface area contributed by atoms with E-state index in [0.717, 1.165) is 46.0 Å². The van der Waals surface area contributed by atoms with Crippen molar-refractivity contribution in [2.45, 2.75) is 27.3 Å². The number of aromatic nitrogens is 3. The van der Waals surface area contributed by atoms with Crippen molar-refractivity contribution in [2.24, 2.45) is 0 Å². The molecule has 0 unspecified atom stereocenters. The molecule has 0 bridgehead atoms. The summed E-state index contributed by atoms with van der Waals surface area (Å²) in [5.74, 6) is 1.87. The van der Waals surface area contributed by atoms with Crippen molar-refractivity contribution in [3.8, 4) is 11.4 Å². The third-order valence-electron chi connectivity index (χ3n) is 3.62. The fourth-order valence-electron chi connectivity index (χ4n) is 2.38. The first-order valence-corrected chi connectivity index (χ1v) is 9.41. The molecule has 0 aliphatic heterocycles. The summed E-state index contributed by atoms with van der Waals surface area (Å²) < 4.78 is 9.26. The van der Waals surface area contributed by atoms with Crippen molar-refractivity contribution in [2.75, 3.05) is 31.2 Å². The van der Waals surface area contributed by atoms with Crippen molar-refractivity contribution < 1.29 is 4.74 Å². The average Bonchev–Trinajstić information content (AvgIpc) is 2.85. The largest absolute Gasteiger partial charge is 0.380 e. The topological polar surface area (TPSA) is 43.2 Å². The Labute approximate surface area is 154 Å². The minimum Gasteiger partial charge on any atom is -0.380 e. The van der Waals surface area contributed by atoms with E-state index < -0.39 is 0 Å². The van der Waals surface area contributed by atoms with Crippen LogP contribution in [0.5, 0.6) is 0 Å². The van der Waals surface area contributed by atoms with Crippen LogP contribution in [0.1, 0.15) is 20.8 Å². The fourth-order valence-corrected chi connectivity index (χ4v) is 3.20. The van der Waals surface area contributed by atoms with Gasteiger partial charge in [-0.2, -0.15) is 0 Å². The Kier molecular flexibility index (Phi) is 7.05. The summed E-state index contributed by atoms with van der Waals surface area (Å²) in [6, 6.07) is 4.12. The van der Waals surface area contributed by atoms with Gasteiger partial charge in [-0.15, -0.1) is 0 Å². The number of hydrogen-bond acceptors (Lipinski definition) is 4. The second-order valence-corrected chi connectivity index (χ2v) is 6.45. The Morgan fingerprint density at radius 2 is 1.91 bits per heavy atom. The molecule has 0 aromatic carbocycles. The summed E-state index contributed by atoms with van der Waals surface area (Å²) in [5.41, 5.74) is 0.990. The van der Waals surface area contributed by atoms with E-state index in [1.54, 1.807) is 0 Å². The highest BCUT2D eigenvalue weighted by Gasteiger charge is 2.15. The maximum absolute atomic E-state index is 5.47. The maximum Gasteiger partial charge on any atom is 0.143 e. The Hall–Kier alpha value is -0.920. The number of anilines is 1. The van der Waals surface area contributed by atoms with Crippen LogP contribution >= 0.6 is 31.9 Å². The lowest BCUT2D eigenvalue weighted by molar-refractivity contribution is 0.139. The van der Waals surface area contributed by atoms with Crippen LogP contribution in [-0.4, -0.2) is 40.8 Å². The summed E-state index contributed by atoms with van der Waals surface area (Å²) in [6.07, 6.45) is 1.88. The van der Waals surface area contributed by atoms with Crippen LogP contribution in [0.3, 0.4) is 0 Å². The van der Waals surface area contributed by atoms with E-state index in [4.69, 9.17) is 4.74 Å². The van der Waals surface area contributed by atoms with Crippen LogP contribution in [0.15, 0.2) is 27.5 Å². The smallest absolute Gasteiger partial charge is 0.143 e. The van der Waals surface area contributed by atoms with E-state index in [2.05, 4.69) is 71.2 Å². The molecular formula is C16H22Br2N4O. The molecule has 0 spiro atoms. The molecule has 0 atom stereocenters. The first-order chi connectivity index (χ1) is 11.1. The van der Waals surface area contributed by atoms with Crippen molar-refractivity contribution >= 4 is 37.7 Å². The summed E-state index contributed by atoms with van der Waals surface area (Å²) in [7, 11) is 0. The highest BCUT2D eigenvalue weighted by molar-refractivity contribution is 9.13. The summed E-state index contributed by atoms with van der Waals surface area (Å²) >= 11 is 7.06. The molecule has 126 valence electrons. The van der Waals surface area contributed by atoms with Gasteiger partial charge in [0.2, 0.25) is 0 Å². The van der Waals surface area contributed by atoms with Gasteiger partial charge in [-0.05, 0) is 64.8 Å². The molecular weight excluding hydrogens is 424 g/mol. The van der Waals surface area contributed by atoms with Crippen LogP contribution in [0.2, 0.25) is 0 Å². The zero-order chi connectivity index (χ0) is 16.8. The highest BCUT2D eigenvalue weighted by Crippen LogP contribution is 2.30. The van der Waals surface area contributed by atoms with Gasteiger partial charge in [0.1, 0.15) is 20.8 Å². The molecule has 0 aliphatic carbocycles. The molecule has 0 fully saturated rings.